The molecule has 0 aliphatic carbocycles. The molecule has 1 fully saturated rings. The van der Waals surface area contributed by atoms with Crippen molar-refractivity contribution in [2.75, 3.05) is 6.61 Å². The topological polar surface area (TPSA) is 102 Å². The lowest BCUT2D eigenvalue weighted by Crippen LogP contribution is -2.38. The fourth-order valence-electron chi connectivity index (χ4n) is 3.16. The van der Waals surface area contributed by atoms with Gasteiger partial charge in [-0.25, -0.2) is 4.79 Å². The number of ether oxygens (including phenoxy) is 1. The molecule has 0 radical (unpaired) electrons. The van der Waals surface area contributed by atoms with Crippen molar-refractivity contribution < 1.29 is 9.53 Å². The summed E-state index contributed by atoms with van der Waals surface area (Å²) in [5, 5.41) is 7.36. The molecule has 1 amide bonds. The summed E-state index contributed by atoms with van der Waals surface area (Å²) >= 11 is 0. The summed E-state index contributed by atoms with van der Waals surface area (Å²) < 4.78 is 7.67. The first kappa shape index (κ1) is 16.4. The number of aromatic nitrogens is 4. The molecule has 0 spiro atoms. The summed E-state index contributed by atoms with van der Waals surface area (Å²) in [7, 11) is 1.89. The Balaban J connectivity index is 1.83. The van der Waals surface area contributed by atoms with E-state index in [0.717, 1.165) is 17.0 Å². The van der Waals surface area contributed by atoms with E-state index in [-0.39, 0.29) is 23.7 Å². The van der Waals surface area contributed by atoms with Crippen LogP contribution in [0.2, 0.25) is 0 Å². The number of aryl methyl sites for hydroxylation is 3. The predicted octanol–water partition coefficient (Wildman–Crippen LogP) is 0.689. The van der Waals surface area contributed by atoms with Crippen LogP contribution in [-0.2, 0) is 11.8 Å². The molecule has 0 unspecified atom stereocenters. The van der Waals surface area contributed by atoms with E-state index in [2.05, 4.69) is 20.4 Å². The minimum Gasteiger partial charge on any atom is -0.371 e. The molecule has 8 nitrogen and oxygen atoms in total. The Kier molecular flexibility index (Phi) is 4.23. The lowest BCUT2D eigenvalue weighted by molar-refractivity contribution is 0.0813. The van der Waals surface area contributed by atoms with Crippen LogP contribution in [0.4, 0.5) is 0 Å². The van der Waals surface area contributed by atoms with Gasteiger partial charge in [0.15, 0.2) is 0 Å². The van der Waals surface area contributed by atoms with Gasteiger partial charge in [-0.3, -0.25) is 9.48 Å². The Morgan fingerprint density at radius 2 is 2.17 bits per heavy atom. The van der Waals surface area contributed by atoms with Gasteiger partial charge in [0, 0.05) is 30.6 Å². The van der Waals surface area contributed by atoms with E-state index in [0.29, 0.717) is 18.7 Å². The van der Waals surface area contributed by atoms with Crippen LogP contribution < -0.4 is 11.0 Å². The van der Waals surface area contributed by atoms with Gasteiger partial charge in [0.25, 0.3) is 5.91 Å². The number of hydrogen-bond acceptors (Lipinski definition) is 5. The Morgan fingerprint density at radius 3 is 2.79 bits per heavy atom. The van der Waals surface area contributed by atoms with Crippen LogP contribution in [0, 0.1) is 20.8 Å². The van der Waals surface area contributed by atoms with Crippen molar-refractivity contribution in [3.63, 3.8) is 0 Å². The fraction of sp³-hybridized carbons (Fsp3) is 0.500. The van der Waals surface area contributed by atoms with Crippen molar-refractivity contribution in [3.8, 4) is 0 Å². The second kappa shape index (κ2) is 6.20. The highest BCUT2D eigenvalue weighted by atomic mass is 16.5. The Hall–Kier alpha value is -2.48. The van der Waals surface area contributed by atoms with Gasteiger partial charge in [0.05, 0.1) is 11.7 Å². The summed E-state index contributed by atoms with van der Waals surface area (Å²) in [5.41, 5.74) is 3.10. The van der Waals surface area contributed by atoms with E-state index in [1.807, 2.05) is 25.6 Å². The first-order valence-electron chi connectivity index (χ1n) is 7.87. The SMILES string of the molecule is Cc1cc(C(=O)N[C@H]2CCO[C@@H]2c2c(C)nn(C)c2C)nc(=O)[nH]1. The van der Waals surface area contributed by atoms with Gasteiger partial charge >= 0.3 is 5.69 Å². The lowest BCUT2D eigenvalue weighted by Gasteiger charge is -2.20. The second-order valence-electron chi connectivity index (χ2n) is 6.12. The number of carbonyl (C=O) groups is 1. The Bertz CT molecular complexity index is 839. The summed E-state index contributed by atoms with van der Waals surface area (Å²) in [4.78, 5) is 30.2. The molecular formula is C16H21N5O3. The molecular weight excluding hydrogens is 310 g/mol. The van der Waals surface area contributed by atoms with Gasteiger partial charge in [-0.1, -0.05) is 0 Å². The molecule has 1 saturated heterocycles. The van der Waals surface area contributed by atoms with Gasteiger partial charge in [0.1, 0.15) is 11.8 Å². The number of nitrogens with zero attached hydrogens (tertiary/aromatic N) is 3. The van der Waals surface area contributed by atoms with E-state index in [4.69, 9.17) is 4.74 Å². The molecule has 3 rings (SSSR count). The van der Waals surface area contributed by atoms with E-state index in [1.165, 1.54) is 0 Å². The van der Waals surface area contributed by atoms with Crippen LogP contribution in [0.3, 0.4) is 0 Å². The van der Waals surface area contributed by atoms with Crippen molar-refractivity contribution in [1.29, 1.82) is 0 Å². The largest absolute Gasteiger partial charge is 0.371 e. The quantitative estimate of drug-likeness (QED) is 0.861. The standard InChI is InChI=1S/C16H21N5O3/c1-8-7-12(19-16(23)17-8)15(22)18-11-5-6-24-14(11)13-9(2)20-21(4)10(13)3/h7,11,14H,5-6H2,1-4H3,(H,18,22)(H,17,19,23)/t11-,14-/m0/s1. The molecule has 1 aliphatic heterocycles. The highest BCUT2D eigenvalue weighted by Gasteiger charge is 2.35. The molecule has 2 atom stereocenters. The zero-order valence-corrected chi connectivity index (χ0v) is 14.2. The number of hydrogen-bond donors (Lipinski definition) is 2. The molecule has 24 heavy (non-hydrogen) atoms. The second-order valence-corrected chi connectivity index (χ2v) is 6.12. The van der Waals surface area contributed by atoms with Gasteiger partial charge in [-0.15, -0.1) is 0 Å². The van der Waals surface area contributed by atoms with E-state index >= 15 is 0 Å². The summed E-state index contributed by atoms with van der Waals surface area (Å²) in [6.45, 7) is 6.19. The van der Waals surface area contributed by atoms with Crippen molar-refractivity contribution in [2.45, 2.75) is 39.3 Å². The van der Waals surface area contributed by atoms with Crippen LogP contribution in [0.15, 0.2) is 10.9 Å². The summed E-state index contributed by atoms with van der Waals surface area (Å²) in [6.07, 6.45) is 0.456. The summed E-state index contributed by atoms with van der Waals surface area (Å²) in [5.74, 6) is -0.371. The zero-order chi connectivity index (χ0) is 17.4. The first-order valence-corrected chi connectivity index (χ1v) is 7.87. The Morgan fingerprint density at radius 1 is 1.42 bits per heavy atom. The summed E-state index contributed by atoms with van der Waals surface area (Å²) in [6, 6.07) is 1.38. The molecule has 2 N–H and O–H groups in total. The number of rotatable bonds is 3. The van der Waals surface area contributed by atoms with Crippen LogP contribution in [0.1, 0.15) is 45.7 Å². The minimum atomic E-state index is -0.529. The number of aromatic amines is 1. The maximum atomic E-state index is 12.5. The maximum Gasteiger partial charge on any atom is 0.345 e. The molecule has 8 heteroatoms. The zero-order valence-electron chi connectivity index (χ0n) is 14.2. The van der Waals surface area contributed by atoms with Crippen molar-refractivity contribution in [1.82, 2.24) is 25.1 Å². The van der Waals surface area contributed by atoms with Crippen LogP contribution in [0.25, 0.3) is 0 Å². The fourth-order valence-corrected chi connectivity index (χ4v) is 3.16. The van der Waals surface area contributed by atoms with E-state index < -0.39 is 5.69 Å². The van der Waals surface area contributed by atoms with Gasteiger partial charge in [0.2, 0.25) is 0 Å². The Labute approximate surface area is 139 Å². The molecule has 128 valence electrons. The van der Waals surface area contributed by atoms with E-state index in [1.54, 1.807) is 13.0 Å². The third-order valence-corrected chi connectivity index (χ3v) is 4.37. The molecule has 3 heterocycles. The normalized spacial score (nSPS) is 20.3. The smallest absolute Gasteiger partial charge is 0.345 e. The number of nitrogens with one attached hydrogen (secondary N) is 2. The number of carbonyl (C=O) groups excluding carboxylic acids is 1. The maximum absolute atomic E-state index is 12.5. The van der Waals surface area contributed by atoms with Crippen molar-refractivity contribution in [2.24, 2.45) is 7.05 Å². The highest BCUT2D eigenvalue weighted by Crippen LogP contribution is 2.33. The monoisotopic (exact) mass is 331 g/mol. The van der Waals surface area contributed by atoms with Crippen LogP contribution >= 0.6 is 0 Å². The molecule has 0 aromatic carbocycles. The van der Waals surface area contributed by atoms with Crippen molar-refractivity contribution >= 4 is 5.91 Å². The molecule has 0 saturated carbocycles. The predicted molar refractivity (Wildman–Crippen MR) is 86.8 cm³/mol. The van der Waals surface area contributed by atoms with Gasteiger partial charge in [-0.2, -0.15) is 10.1 Å². The third-order valence-electron chi connectivity index (χ3n) is 4.37. The minimum absolute atomic E-state index is 0.113. The number of amides is 1. The average molecular weight is 331 g/mol. The van der Waals surface area contributed by atoms with Crippen molar-refractivity contribution in [3.05, 3.63) is 44.9 Å². The van der Waals surface area contributed by atoms with Crippen LogP contribution in [0.5, 0.6) is 0 Å². The first-order chi connectivity index (χ1) is 11.4. The lowest BCUT2D eigenvalue weighted by atomic mass is 10.00. The van der Waals surface area contributed by atoms with E-state index in [9.17, 15) is 9.59 Å². The van der Waals surface area contributed by atoms with Crippen LogP contribution in [-0.4, -0.2) is 38.3 Å². The number of H-pyrrole nitrogens is 1. The molecule has 2 aromatic rings. The van der Waals surface area contributed by atoms with Gasteiger partial charge < -0.3 is 15.0 Å². The van der Waals surface area contributed by atoms with Gasteiger partial charge in [-0.05, 0) is 33.3 Å². The average Bonchev–Trinajstić information content (AvgIpc) is 3.03. The molecule has 0 bridgehead atoms. The highest BCUT2D eigenvalue weighted by molar-refractivity contribution is 5.92. The third kappa shape index (κ3) is 2.96. The molecule has 2 aromatic heterocycles. The molecule has 1 aliphatic rings.